The average molecular weight is 239 g/mol. The van der Waals surface area contributed by atoms with Gasteiger partial charge in [-0.3, -0.25) is 9.80 Å². The van der Waals surface area contributed by atoms with Crippen molar-refractivity contribution in [3.63, 3.8) is 0 Å². The summed E-state index contributed by atoms with van der Waals surface area (Å²) in [5.41, 5.74) is 0. The third-order valence-electron chi connectivity index (χ3n) is 4.66. The highest BCUT2D eigenvalue weighted by Gasteiger charge is 2.31. The van der Waals surface area contributed by atoms with Crippen molar-refractivity contribution in [3.05, 3.63) is 0 Å². The lowest BCUT2D eigenvalue weighted by atomic mass is 10.1. The maximum absolute atomic E-state index is 3.35. The molecule has 2 aliphatic heterocycles. The molecule has 0 amide bonds. The third kappa shape index (κ3) is 3.43. The van der Waals surface area contributed by atoms with Gasteiger partial charge in [0.15, 0.2) is 0 Å². The molecule has 0 aromatic carbocycles. The predicted octanol–water partition coefficient (Wildman–Crippen LogP) is 1.54. The first-order valence-electron chi connectivity index (χ1n) is 7.36. The Morgan fingerprint density at radius 3 is 2.53 bits per heavy atom. The van der Waals surface area contributed by atoms with Crippen molar-refractivity contribution >= 4 is 0 Å². The summed E-state index contributed by atoms with van der Waals surface area (Å²) in [6, 6.07) is 2.21. The SMILES string of the molecule is CNC(C)CC(C)N1CCC(N2CCCC2)C1. The number of nitrogens with one attached hydrogen (secondary N) is 1. The van der Waals surface area contributed by atoms with Crippen LogP contribution in [0.4, 0.5) is 0 Å². The fraction of sp³-hybridized carbons (Fsp3) is 1.00. The van der Waals surface area contributed by atoms with Crippen molar-refractivity contribution < 1.29 is 0 Å². The van der Waals surface area contributed by atoms with Crippen molar-refractivity contribution in [1.29, 1.82) is 0 Å². The van der Waals surface area contributed by atoms with Crippen LogP contribution in [0.5, 0.6) is 0 Å². The van der Waals surface area contributed by atoms with E-state index in [1.54, 1.807) is 0 Å². The minimum absolute atomic E-state index is 0.635. The molecule has 3 atom stereocenters. The summed E-state index contributed by atoms with van der Waals surface area (Å²) in [6.45, 7) is 9.97. The fourth-order valence-corrected chi connectivity index (χ4v) is 3.35. The van der Waals surface area contributed by atoms with Gasteiger partial charge in [-0.25, -0.2) is 0 Å². The molecule has 0 aromatic heterocycles. The Hall–Kier alpha value is -0.120. The third-order valence-corrected chi connectivity index (χ3v) is 4.66. The summed E-state index contributed by atoms with van der Waals surface area (Å²) < 4.78 is 0. The van der Waals surface area contributed by atoms with E-state index in [0.29, 0.717) is 6.04 Å². The lowest BCUT2D eigenvalue weighted by molar-refractivity contribution is 0.195. The van der Waals surface area contributed by atoms with Gasteiger partial charge >= 0.3 is 0 Å². The molecule has 0 spiro atoms. The molecule has 2 heterocycles. The molecule has 2 aliphatic rings. The molecule has 3 nitrogen and oxygen atoms in total. The zero-order valence-electron chi connectivity index (χ0n) is 11.8. The molecular weight excluding hydrogens is 210 g/mol. The van der Waals surface area contributed by atoms with Gasteiger partial charge in [0.2, 0.25) is 0 Å². The van der Waals surface area contributed by atoms with Gasteiger partial charge in [0, 0.05) is 31.2 Å². The Balaban J connectivity index is 1.76. The topological polar surface area (TPSA) is 18.5 Å². The van der Waals surface area contributed by atoms with Crippen LogP contribution in [-0.2, 0) is 0 Å². The Morgan fingerprint density at radius 2 is 1.88 bits per heavy atom. The van der Waals surface area contributed by atoms with Crippen LogP contribution < -0.4 is 5.32 Å². The van der Waals surface area contributed by atoms with Crippen LogP contribution in [0.25, 0.3) is 0 Å². The molecule has 3 heteroatoms. The second-order valence-corrected chi connectivity index (χ2v) is 5.95. The molecule has 2 fully saturated rings. The minimum atomic E-state index is 0.635. The Kier molecular flexibility index (Phi) is 4.83. The molecule has 2 saturated heterocycles. The number of likely N-dealkylation sites (tertiary alicyclic amines) is 2. The lowest BCUT2D eigenvalue weighted by Crippen LogP contribution is -2.40. The summed E-state index contributed by atoms with van der Waals surface area (Å²) in [7, 11) is 2.06. The first-order chi connectivity index (χ1) is 8.20. The van der Waals surface area contributed by atoms with E-state index in [1.165, 1.54) is 51.9 Å². The van der Waals surface area contributed by atoms with Gasteiger partial charge in [0.05, 0.1) is 0 Å². The molecule has 3 unspecified atom stereocenters. The smallest absolute Gasteiger partial charge is 0.0235 e. The van der Waals surface area contributed by atoms with Gasteiger partial charge in [0.1, 0.15) is 0 Å². The van der Waals surface area contributed by atoms with Crippen LogP contribution in [0.1, 0.15) is 39.5 Å². The molecule has 0 aromatic rings. The van der Waals surface area contributed by atoms with Crippen molar-refractivity contribution in [3.8, 4) is 0 Å². The molecule has 2 rings (SSSR count). The number of nitrogens with zero attached hydrogens (tertiary/aromatic N) is 2. The van der Waals surface area contributed by atoms with Gasteiger partial charge < -0.3 is 5.32 Å². The van der Waals surface area contributed by atoms with Gasteiger partial charge in [-0.2, -0.15) is 0 Å². The highest BCUT2D eigenvalue weighted by molar-refractivity contribution is 4.88. The van der Waals surface area contributed by atoms with E-state index >= 15 is 0 Å². The van der Waals surface area contributed by atoms with E-state index in [-0.39, 0.29) is 0 Å². The van der Waals surface area contributed by atoms with Crippen LogP contribution in [0, 0.1) is 0 Å². The van der Waals surface area contributed by atoms with E-state index in [2.05, 4.69) is 36.0 Å². The zero-order valence-corrected chi connectivity index (χ0v) is 11.8. The Bertz CT molecular complexity index is 226. The summed E-state index contributed by atoms with van der Waals surface area (Å²) >= 11 is 0. The second-order valence-electron chi connectivity index (χ2n) is 5.95. The summed E-state index contributed by atoms with van der Waals surface area (Å²) in [5.74, 6) is 0. The van der Waals surface area contributed by atoms with Crippen LogP contribution in [0.3, 0.4) is 0 Å². The summed E-state index contributed by atoms with van der Waals surface area (Å²) in [4.78, 5) is 5.41. The van der Waals surface area contributed by atoms with E-state index in [9.17, 15) is 0 Å². The quantitative estimate of drug-likeness (QED) is 0.785. The van der Waals surface area contributed by atoms with Crippen LogP contribution in [0.2, 0.25) is 0 Å². The molecule has 1 N–H and O–H groups in total. The first-order valence-corrected chi connectivity index (χ1v) is 7.36. The van der Waals surface area contributed by atoms with E-state index in [0.717, 1.165) is 12.1 Å². The van der Waals surface area contributed by atoms with Crippen molar-refractivity contribution in [2.24, 2.45) is 0 Å². The first kappa shape index (κ1) is 13.3. The van der Waals surface area contributed by atoms with Gasteiger partial charge in [-0.1, -0.05) is 0 Å². The average Bonchev–Trinajstić information content (AvgIpc) is 2.98. The normalized spacial score (nSPS) is 30.9. The molecule has 0 bridgehead atoms. The molecular formula is C14H29N3. The maximum atomic E-state index is 3.35. The highest BCUT2D eigenvalue weighted by Crippen LogP contribution is 2.22. The Labute approximate surface area is 107 Å². The van der Waals surface area contributed by atoms with Crippen molar-refractivity contribution in [2.75, 3.05) is 33.2 Å². The Morgan fingerprint density at radius 1 is 1.18 bits per heavy atom. The largest absolute Gasteiger partial charge is 0.317 e. The number of hydrogen-bond donors (Lipinski definition) is 1. The summed E-state index contributed by atoms with van der Waals surface area (Å²) in [5, 5.41) is 3.35. The van der Waals surface area contributed by atoms with Gasteiger partial charge in [0.25, 0.3) is 0 Å². The van der Waals surface area contributed by atoms with Gasteiger partial charge in [-0.15, -0.1) is 0 Å². The monoisotopic (exact) mass is 239 g/mol. The van der Waals surface area contributed by atoms with E-state index in [4.69, 9.17) is 0 Å². The lowest BCUT2D eigenvalue weighted by Gasteiger charge is -2.28. The zero-order chi connectivity index (χ0) is 12.3. The van der Waals surface area contributed by atoms with E-state index < -0.39 is 0 Å². The van der Waals surface area contributed by atoms with Gasteiger partial charge in [-0.05, 0) is 59.7 Å². The summed E-state index contributed by atoms with van der Waals surface area (Å²) in [6.07, 6.45) is 5.49. The molecule has 0 saturated carbocycles. The fourth-order valence-electron chi connectivity index (χ4n) is 3.35. The second kappa shape index (κ2) is 6.17. The van der Waals surface area contributed by atoms with Crippen LogP contribution in [0.15, 0.2) is 0 Å². The molecule has 17 heavy (non-hydrogen) atoms. The number of rotatable bonds is 5. The highest BCUT2D eigenvalue weighted by atomic mass is 15.3. The maximum Gasteiger partial charge on any atom is 0.0235 e. The van der Waals surface area contributed by atoms with Crippen LogP contribution in [-0.4, -0.2) is 61.2 Å². The minimum Gasteiger partial charge on any atom is -0.317 e. The standard InChI is InChI=1S/C14H29N3/c1-12(15-3)10-13(2)17-9-6-14(11-17)16-7-4-5-8-16/h12-15H,4-11H2,1-3H3. The van der Waals surface area contributed by atoms with E-state index in [1.807, 2.05) is 0 Å². The molecule has 0 radical (unpaired) electrons. The number of hydrogen-bond acceptors (Lipinski definition) is 3. The van der Waals surface area contributed by atoms with Crippen molar-refractivity contribution in [2.45, 2.75) is 57.7 Å². The predicted molar refractivity (Wildman–Crippen MR) is 73.4 cm³/mol. The molecule has 0 aliphatic carbocycles. The van der Waals surface area contributed by atoms with Crippen molar-refractivity contribution in [1.82, 2.24) is 15.1 Å². The van der Waals surface area contributed by atoms with Crippen LogP contribution >= 0.6 is 0 Å². The molecule has 100 valence electrons.